The van der Waals surface area contributed by atoms with Gasteiger partial charge in [-0.25, -0.2) is 10.4 Å². The van der Waals surface area contributed by atoms with Crippen molar-refractivity contribution >= 4 is 62.5 Å². The molecule has 0 saturated heterocycles. The lowest BCUT2D eigenvalue weighted by molar-refractivity contribution is -0.118. The van der Waals surface area contributed by atoms with Crippen molar-refractivity contribution < 1.29 is 9.53 Å². The van der Waals surface area contributed by atoms with E-state index in [1.54, 1.807) is 28.9 Å². The van der Waals surface area contributed by atoms with Crippen LogP contribution in [0.5, 0.6) is 5.75 Å². The number of para-hydroxylation sites is 2. The molecule has 1 amide bonds. The first-order valence-electron chi connectivity index (χ1n) is 12.1. The van der Waals surface area contributed by atoms with Crippen molar-refractivity contribution in [2.45, 2.75) is 17.2 Å². The highest BCUT2D eigenvalue weighted by atomic mass is 32.2. The van der Waals surface area contributed by atoms with Crippen LogP contribution in [0, 0.1) is 6.92 Å². The number of allylic oxidation sites excluding steroid dienone is 1. The minimum atomic E-state index is -0.187. The maximum Gasteiger partial charge on any atom is 0.250 e. The Morgan fingerprint density at radius 1 is 1.03 bits per heavy atom. The average Bonchev–Trinajstić information content (AvgIpc) is 3.62. The molecule has 1 N–H and O–H groups in total. The van der Waals surface area contributed by atoms with Crippen molar-refractivity contribution in [3.05, 3.63) is 117 Å². The van der Waals surface area contributed by atoms with Gasteiger partial charge >= 0.3 is 0 Å². The summed E-state index contributed by atoms with van der Waals surface area (Å²) in [5.74, 6) is 1.55. The van der Waals surface area contributed by atoms with E-state index in [4.69, 9.17) is 4.74 Å². The monoisotopic (exact) mass is 553 g/mol. The summed E-state index contributed by atoms with van der Waals surface area (Å²) in [6.07, 6.45) is 1.74. The average molecular weight is 554 g/mol. The van der Waals surface area contributed by atoms with Crippen LogP contribution >= 0.6 is 34.4 Å². The molecule has 0 radical (unpaired) electrons. The van der Waals surface area contributed by atoms with Gasteiger partial charge in [0.15, 0.2) is 4.34 Å². The Labute approximate surface area is 232 Å². The van der Waals surface area contributed by atoms with Gasteiger partial charge in [0.1, 0.15) is 11.5 Å². The summed E-state index contributed by atoms with van der Waals surface area (Å²) >= 11 is 4.62. The highest BCUT2D eigenvalue weighted by Gasteiger charge is 2.32. The minimum absolute atomic E-state index is 0.0870. The van der Waals surface area contributed by atoms with Crippen molar-refractivity contribution in [2.75, 3.05) is 5.75 Å². The Morgan fingerprint density at radius 2 is 1.82 bits per heavy atom. The molecule has 0 fully saturated rings. The van der Waals surface area contributed by atoms with Crippen LogP contribution in [0.4, 0.5) is 0 Å². The van der Waals surface area contributed by atoms with Gasteiger partial charge in [-0.3, -0.25) is 4.79 Å². The van der Waals surface area contributed by atoms with Crippen molar-refractivity contribution in [3.63, 3.8) is 0 Å². The second-order valence-electron chi connectivity index (χ2n) is 8.72. The van der Waals surface area contributed by atoms with Gasteiger partial charge < -0.3 is 4.74 Å². The number of hydrazone groups is 1. The number of fused-ring (bicyclic) bond motifs is 2. The number of ether oxygens (including phenoxy) is 1. The number of thiazole rings is 1. The number of thioether (sulfide) groups is 1. The van der Waals surface area contributed by atoms with Crippen LogP contribution in [0.3, 0.4) is 0 Å². The maximum atomic E-state index is 12.7. The van der Waals surface area contributed by atoms with E-state index in [1.165, 1.54) is 22.9 Å². The molecular weight excluding hydrogens is 531 g/mol. The predicted molar refractivity (Wildman–Crippen MR) is 158 cm³/mol. The van der Waals surface area contributed by atoms with E-state index in [9.17, 15) is 4.79 Å². The van der Waals surface area contributed by atoms with Crippen LogP contribution in [0.25, 0.3) is 16.0 Å². The number of nitrogens with one attached hydrogen (secondary N) is 1. The van der Waals surface area contributed by atoms with Gasteiger partial charge in [0.25, 0.3) is 5.91 Å². The summed E-state index contributed by atoms with van der Waals surface area (Å²) in [5, 5.41) is 6.43. The molecular formula is C30H23N3O2S3. The Morgan fingerprint density at radius 3 is 2.63 bits per heavy atom. The number of nitrogens with zero attached hydrogens (tertiary/aromatic N) is 2. The number of thiophene rings is 1. The highest BCUT2D eigenvalue weighted by molar-refractivity contribution is 8.01. The van der Waals surface area contributed by atoms with Crippen LogP contribution < -0.4 is 10.2 Å². The van der Waals surface area contributed by atoms with Crippen molar-refractivity contribution in [1.82, 2.24) is 10.4 Å². The van der Waals surface area contributed by atoms with E-state index in [0.29, 0.717) is 0 Å². The quantitative estimate of drug-likeness (QED) is 0.129. The number of rotatable bonds is 7. The highest BCUT2D eigenvalue weighted by Crippen LogP contribution is 2.46. The second kappa shape index (κ2) is 10.9. The summed E-state index contributed by atoms with van der Waals surface area (Å²) in [7, 11) is 0. The van der Waals surface area contributed by atoms with Gasteiger partial charge in [0.2, 0.25) is 0 Å². The Bertz CT molecular complexity index is 1640. The first kappa shape index (κ1) is 24.6. The van der Waals surface area contributed by atoms with Crippen LogP contribution in [-0.2, 0) is 4.79 Å². The molecule has 0 spiro atoms. The SMILES string of the molecule is Cc1ccccc1[C@@H]1C(C=NNC(=O)CSc2nc3ccccc3s2)=C(c2cccs2)Oc2ccccc21. The summed E-state index contributed by atoms with van der Waals surface area (Å²) < 4.78 is 8.43. The molecule has 0 aliphatic carbocycles. The van der Waals surface area contributed by atoms with E-state index in [-0.39, 0.29) is 17.6 Å². The summed E-state index contributed by atoms with van der Waals surface area (Å²) in [6.45, 7) is 2.12. The number of amides is 1. The number of benzene rings is 3. The first-order chi connectivity index (χ1) is 18.7. The van der Waals surface area contributed by atoms with Crippen LogP contribution in [0.2, 0.25) is 0 Å². The molecule has 5 nitrogen and oxygen atoms in total. The molecule has 188 valence electrons. The standard InChI is InChI=1S/C30H23N3O2S3/c1-19-9-2-3-10-20(19)28-21-11-4-6-13-24(21)35-29(26-15-8-16-36-26)22(28)17-31-33-27(34)18-37-30-32-23-12-5-7-14-25(23)38-30/h2-17,28H,18H2,1H3,(H,33,34)/t28-/m0/s1. The van der Waals surface area contributed by atoms with Crippen molar-refractivity contribution in [2.24, 2.45) is 5.10 Å². The molecule has 3 heterocycles. The molecule has 38 heavy (non-hydrogen) atoms. The predicted octanol–water partition coefficient (Wildman–Crippen LogP) is 7.50. The third-order valence-corrected chi connectivity index (χ3v) is 9.30. The van der Waals surface area contributed by atoms with E-state index < -0.39 is 0 Å². The summed E-state index contributed by atoms with van der Waals surface area (Å²) in [5.41, 5.74) is 7.99. The third-order valence-electron chi connectivity index (χ3n) is 6.25. The zero-order valence-electron chi connectivity index (χ0n) is 20.5. The fraction of sp³-hybridized carbons (Fsp3) is 0.100. The topological polar surface area (TPSA) is 63.6 Å². The van der Waals surface area contributed by atoms with E-state index in [1.807, 2.05) is 66.0 Å². The lowest BCUT2D eigenvalue weighted by Gasteiger charge is -2.30. The summed E-state index contributed by atoms with van der Waals surface area (Å²) in [6, 6.07) is 28.5. The summed E-state index contributed by atoms with van der Waals surface area (Å²) in [4.78, 5) is 18.3. The van der Waals surface area contributed by atoms with Crippen LogP contribution in [-0.4, -0.2) is 22.9 Å². The zero-order chi connectivity index (χ0) is 25.9. The van der Waals surface area contributed by atoms with Gasteiger partial charge in [0.05, 0.1) is 27.1 Å². The maximum absolute atomic E-state index is 12.7. The second-order valence-corrected chi connectivity index (χ2v) is 11.9. The molecule has 5 aromatic rings. The molecule has 1 aliphatic heterocycles. The lowest BCUT2D eigenvalue weighted by atomic mass is 9.80. The number of aryl methyl sites for hydroxylation is 1. The van der Waals surface area contributed by atoms with Crippen LogP contribution in [0.1, 0.15) is 27.5 Å². The fourth-order valence-electron chi connectivity index (χ4n) is 4.50. The van der Waals surface area contributed by atoms with Crippen LogP contribution in [0.15, 0.2) is 105 Å². The molecule has 3 aromatic carbocycles. The number of carbonyl (C=O) groups is 1. The lowest BCUT2D eigenvalue weighted by Crippen LogP contribution is -2.22. The van der Waals surface area contributed by atoms with E-state index in [2.05, 4.69) is 46.7 Å². The number of aromatic nitrogens is 1. The van der Waals surface area contributed by atoms with Gasteiger partial charge in [-0.05, 0) is 47.7 Å². The van der Waals surface area contributed by atoms with E-state index in [0.717, 1.165) is 42.1 Å². The molecule has 2 aromatic heterocycles. The van der Waals surface area contributed by atoms with Crippen molar-refractivity contribution in [1.29, 1.82) is 0 Å². The third kappa shape index (κ3) is 5.03. The number of carbonyl (C=O) groups excluding carboxylic acids is 1. The minimum Gasteiger partial charge on any atom is -0.455 e. The smallest absolute Gasteiger partial charge is 0.250 e. The zero-order valence-corrected chi connectivity index (χ0v) is 22.9. The molecule has 0 bridgehead atoms. The largest absolute Gasteiger partial charge is 0.455 e. The van der Waals surface area contributed by atoms with Crippen molar-refractivity contribution in [3.8, 4) is 5.75 Å². The van der Waals surface area contributed by atoms with Gasteiger partial charge in [0, 0.05) is 17.1 Å². The Hall–Kier alpha value is -3.72. The van der Waals surface area contributed by atoms with E-state index >= 15 is 0 Å². The molecule has 6 rings (SSSR count). The number of hydrogen-bond donors (Lipinski definition) is 1. The molecule has 1 atom stereocenters. The van der Waals surface area contributed by atoms with Gasteiger partial charge in [-0.15, -0.1) is 22.7 Å². The first-order valence-corrected chi connectivity index (χ1v) is 14.8. The molecule has 0 saturated carbocycles. The van der Waals surface area contributed by atoms with Gasteiger partial charge in [-0.2, -0.15) is 5.10 Å². The molecule has 1 aliphatic rings. The van der Waals surface area contributed by atoms with Gasteiger partial charge in [-0.1, -0.05) is 72.4 Å². The number of hydrogen-bond acceptors (Lipinski definition) is 7. The molecule has 8 heteroatoms. The molecule has 0 unspecified atom stereocenters. The normalized spacial score (nSPS) is 15.0. The fourth-order valence-corrected chi connectivity index (χ4v) is 7.09. The Balaban J connectivity index is 1.28. The Kier molecular flexibility index (Phi) is 7.09.